The molecule has 0 aliphatic carbocycles. The molecule has 3 heterocycles. The third-order valence-corrected chi connectivity index (χ3v) is 3.06. The van der Waals surface area contributed by atoms with Crippen LogP contribution in [0.4, 0.5) is 0 Å². The normalized spacial score (nSPS) is 21.1. The predicted molar refractivity (Wildman–Crippen MR) is 66.1 cm³/mol. The monoisotopic (exact) mass is 213 g/mol. The molecule has 16 heavy (non-hydrogen) atoms. The molecule has 2 aromatic heterocycles. The fourth-order valence-electron chi connectivity index (χ4n) is 2.30. The number of rotatable bonds is 1. The first-order valence-corrected chi connectivity index (χ1v) is 5.68. The fraction of sp³-hybridized carbons (Fsp3) is 0.308. The highest BCUT2D eigenvalue weighted by Crippen LogP contribution is 2.25. The molecule has 0 fully saturated rings. The third-order valence-electron chi connectivity index (χ3n) is 3.06. The summed E-state index contributed by atoms with van der Waals surface area (Å²) in [6.45, 7) is 4.26. The number of hydrogen-bond donors (Lipinski definition) is 2. The van der Waals surface area contributed by atoms with Crippen molar-refractivity contribution in [3.8, 4) is 0 Å². The molecule has 0 saturated carbocycles. The second-order valence-electron chi connectivity index (χ2n) is 4.40. The minimum Gasteiger partial charge on any atom is -0.346 e. The van der Waals surface area contributed by atoms with Crippen LogP contribution in [0.5, 0.6) is 0 Å². The number of aromatic nitrogens is 2. The molecule has 3 heteroatoms. The van der Waals surface area contributed by atoms with Crippen LogP contribution in [0.1, 0.15) is 12.5 Å². The van der Waals surface area contributed by atoms with Crippen molar-refractivity contribution in [1.29, 1.82) is 0 Å². The molecule has 2 N–H and O–H groups in total. The lowest BCUT2D eigenvalue weighted by Gasteiger charge is -2.18. The highest BCUT2D eigenvalue weighted by atomic mass is 14.9. The van der Waals surface area contributed by atoms with E-state index in [1.165, 1.54) is 16.5 Å². The first kappa shape index (κ1) is 9.60. The number of nitrogens with zero attached hydrogens (tertiary/aromatic N) is 1. The van der Waals surface area contributed by atoms with Gasteiger partial charge in [0.2, 0.25) is 0 Å². The summed E-state index contributed by atoms with van der Waals surface area (Å²) < 4.78 is 0. The van der Waals surface area contributed by atoms with Gasteiger partial charge in [0.1, 0.15) is 5.65 Å². The summed E-state index contributed by atoms with van der Waals surface area (Å²) in [5, 5.41) is 4.65. The summed E-state index contributed by atoms with van der Waals surface area (Å²) in [4.78, 5) is 7.53. The number of H-pyrrole nitrogens is 1. The summed E-state index contributed by atoms with van der Waals surface area (Å²) >= 11 is 0. The van der Waals surface area contributed by atoms with Crippen molar-refractivity contribution in [1.82, 2.24) is 15.3 Å². The van der Waals surface area contributed by atoms with Gasteiger partial charge in [-0.15, -0.1) is 0 Å². The highest BCUT2D eigenvalue weighted by Gasteiger charge is 2.13. The molecular weight excluding hydrogens is 198 g/mol. The largest absolute Gasteiger partial charge is 0.346 e. The zero-order chi connectivity index (χ0) is 11.0. The van der Waals surface area contributed by atoms with Crippen molar-refractivity contribution >= 4 is 16.6 Å². The van der Waals surface area contributed by atoms with E-state index in [2.05, 4.69) is 40.5 Å². The van der Waals surface area contributed by atoms with Crippen LogP contribution >= 0.6 is 0 Å². The van der Waals surface area contributed by atoms with Crippen LogP contribution in [-0.2, 0) is 0 Å². The maximum atomic E-state index is 4.31. The quantitative estimate of drug-likeness (QED) is 0.762. The molecule has 0 spiro atoms. The lowest BCUT2D eigenvalue weighted by atomic mass is 9.97. The standard InChI is InChI=1S/C13H15N3/c1-9-5-10(7-14-6-9)12-8-16-13-11(12)3-2-4-15-13/h2-5,8-9,14H,6-7H2,1H3,(H,15,16). The SMILES string of the molecule is CC1C=C(c2c[nH]c3ncccc23)CNC1. The van der Waals surface area contributed by atoms with Crippen molar-refractivity contribution < 1.29 is 0 Å². The van der Waals surface area contributed by atoms with E-state index in [1.807, 2.05) is 12.3 Å². The Bertz CT molecular complexity index is 539. The average molecular weight is 213 g/mol. The summed E-state index contributed by atoms with van der Waals surface area (Å²) in [5.41, 5.74) is 3.62. The van der Waals surface area contributed by atoms with Crippen molar-refractivity contribution in [3.63, 3.8) is 0 Å². The van der Waals surface area contributed by atoms with E-state index in [9.17, 15) is 0 Å². The predicted octanol–water partition coefficient (Wildman–Crippen LogP) is 2.19. The van der Waals surface area contributed by atoms with Crippen LogP contribution < -0.4 is 5.32 Å². The van der Waals surface area contributed by atoms with E-state index >= 15 is 0 Å². The van der Waals surface area contributed by atoms with Gasteiger partial charge in [-0.05, 0) is 23.6 Å². The Hall–Kier alpha value is -1.61. The second-order valence-corrected chi connectivity index (χ2v) is 4.40. The first-order valence-electron chi connectivity index (χ1n) is 5.68. The average Bonchev–Trinajstić information content (AvgIpc) is 2.72. The molecule has 82 valence electrons. The topological polar surface area (TPSA) is 40.7 Å². The van der Waals surface area contributed by atoms with Crippen LogP contribution in [0.15, 0.2) is 30.6 Å². The van der Waals surface area contributed by atoms with Gasteiger partial charge < -0.3 is 10.3 Å². The lowest BCUT2D eigenvalue weighted by Crippen LogP contribution is -2.26. The Kier molecular flexibility index (Phi) is 2.26. The van der Waals surface area contributed by atoms with Crippen LogP contribution in [0.2, 0.25) is 0 Å². The Morgan fingerprint density at radius 2 is 2.38 bits per heavy atom. The molecule has 0 amide bonds. The summed E-state index contributed by atoms with van der Waals surface area (Å²) in [7, 11) is 0. The van der Waals surface area contributed by atoms with Gasteiger partial charge in [-0.1, -0.05) is 13.0 Å². The zero-order valence-electron chi connectivity index (χ0n) is 9.33. The number of nitrogens with one attached hydrogen (secondary N) is 2. The van der Waals surface area contributed by atoms with Crippen molar-refractivity contribution in [2.75, 3.05) is 13.1 Å². The van der Waals surface area contributed by atoms with Gasteiger partial charge in [-0.3, -0.25) is 0 Å². The highest BCUT2D eigenvalue weighted by molar-refractivity contribution is 5.91. The molecule has 0 radical (unpaired) electrons. The summed E-state index contributed by atoms with van der Waals surface area (Å²) in [6, 6.07) is 4.11. The smallest absolute Gasteiger partial charge is 0.137 e. The van der Waals surface area contributed by atoms with Crippen molar-refractivity contribution in [2.24, 2.45) is 5.92 Å². The molecule has 3 rings (SSSR count). The second kappa shape index (κ2) is 3.76. The maximum absolute atomic E-state index is 4.31. The molecule has 2 aromatic rings. The molecule has 1 aliphatic rings. The van der Waals surface area contributed by atoms with E-state index in [-0.39, 0.29) is 0 Å². The summed E-state index contributed by atoms with van der Waals surface area (Å²) in [6.07, 6.45) is 6.23. The Morgan fingerprint density at radius 3 is 3.25 bits per heavy atom. The van der Waals surface area contributed by atoms with Gasteiger partial charge in [-0.25, -0.2) is 4.98 Å². The number of pyridine rings is 1. The lowest BCUT2D eigenvalue weighted by molar-refractivity contribution is 0.607. The first-order chi connectivity index (χ1) is 7.84. The number of aromatic amines is 1. The van der Waals surface area contributed by atoms with Gasteiger partial charge in [0.15, 0.2) is 0 Å². The zero-order valence-corrected chi connectivity index (χ0v) is 9.33. The molecule has 1 unspecified atom stereocenters. The molecule has 3 nitrogen and oxygen atoms in total. The Labute approximate surface area is 94.6 Å². The maximum Gasteiger partial charge on any atom is 0.137 e. The van der Waals surface area contributed by atoms with E-state index in [0.717, 1.165) is 18.7 Å². The fourth-order valence-corrected chi connectivity index (χ4v) is 2.30. The van der Waals surface area contributed by atoms with Crippen LogP contribution in [-0.4, -0.2) is 23.1 Å². The molecule has 0 aromatic carbocycles. The van der Waals surface area contributed by atoms with E-state index in [1.54, 1.807) is 0 Å². The molecule has 0 bridgehead atoms. The number of fused-ring (bicyclic) bond motifs is 1. The van der Waals surface area contributed by atoms with Gasteiger partial charge in [0.25, 0.3) is 0 Å². The van der Waals surface area contributed by atoms with Gasteiger partial charge in [0, 0.05) is 36.4 Å². The minimum absolute atomic E-state index is 0.602. The molecular formula is C13H15N3. The number of hydrogen-bond acceptors (Lipinski definition) is 2. The van der Waals surface area contributed by atoms with Crippen molar-refractivity contribution in [2.45, 2.75) is 6.92 Å². The molecule has 1 atom stereocenters. The summed E-state index contributed by atoms with van der Waals surface area (Å²) in [5.74, 6) is 0.602. The van der Waals surface area contributed by atoms with Crippen LogP contribution in [0.25, 0.3) is 16.6 Å². The van der Waals surface area contributed by atoms with Gasteiger partial charge >= 0.3 is 0 Å². The van der Waals surface area contributed by atoms with E-state index < -0.39 is 0 Å². The molecule has 1 aliphatic heterocycles. The minimum atomic E-state index is 0.602. The van der Waals surface area contributed by atoms with Crippen LogP contribution in [0, 0.1) is 5.92 Å². The van der Waals surface area contributed by atoms with Crippen LogP contribution in [0.3, 0.4) is 0 Å². The van der Waals surface area contributed by atoms with Gasteiger partial charge in [-0.2, -0.15) is 0 Å². The Morgan fingerprint density at radius 1 is 1.44 bits per heavy atom. The van der Waals surface area contributed by atoms with Crippen molar-refractivity contribution in [3.05, 3.63) is 36.2 Å². The van der Waals surface area contributed by atoms with E-state index in [0.29, 0.717) is 5.92 Å². The third kappa shape index (κ3) is 1.53. The van der Waals surface area contributed by atoms with E-state index in [4.69, 9.17) is 0 Å². The van der Waals surface area contributed by atoms with Gasteiger partial charge in [0.05, 0.1) is 0 Å². The molecule has 0 saturated heterocycles. The Balaban J connectivity index is 2.12.